The van der Waals surface area contributed by atoms with E-state index >= 15 is 0 Å². The molecule has 2 atom stereocenters. The van der Waals surface area contributed by atoms with E-state index in [2.05, 4.69) is 55.4 Å². The molecule has 0 bridgehead atoms. The van der Waals surface area contributed by atoms with Gasteiger partial charge in [0.1, 0.15) is 0 Å². The summed E-state index contributed by atoms with van der Waals surface area (Å²) in [6.07, 6.45) is 1.18. The van der Waals surface area contributed by atoms with Crippen molar-refractivity contribution >= 4 is 0 Å². The van der Waals surface area contributed by atoms with Gasteiger partial charge in [-0.3, -0.25) is 0 Å². The van der Waals surface area contributed by atoms with E-state index in [1.165, 1.54) is 17.5 Å². The molecule has 1 heterocycles. The predicted molar refractivity (Wildman–Crippen MR) is 83.9 cm³/mol. The lowest BCUT2D eigenvalue weighted by atomic mass is 10.0. The van der Waals surface area contributed by atoms with Crippen LogP contribution in [0, 0.1) is 12.8 Å². The lowest BCUT2D eigenvalue weighted by Gasteiger charge is -2.25. The molecule has 0 aliphatic carbocycles. The Kier molecular flexibility index (Phi) is 6.02. The Morgan fingerprint density at radius 2 is 2.20 bits per heavy atom. The number of benzene rings is 1. The molecule has 1 saturated heterocycles. The van der Waals surface area contributed by atoms with E-state index in [0.29, 0.717) is 12.0 Å². The predicted octanol–water partition coefficient (Wildman–Crippen LogP) is 2.44. The third-order valence-electron chi connectivity index (χ3n) is 3.94. The number of rotatable bonds is 7. The average Bonchev–Trinajstić information content (AvgIpc) is 2.83. The van der Waals surface area contributed by atoms with Gasteiger partial charge in [0.15, 0.2) is 0 Å². The molecular weight excluding hydrogens is 248 g/mol. The maximum Gasteiger partial charge on any atom is 0.0623 e. The number of ether oxygens (including phenoxy) is 1. The number of hydrogen-bond acceptors (Lipinski definition) is 3. The maximum atomic E-state index is 5.65. The smallest absolute Gasteiger partial charge is 0.0623 e. The van der Waals surface area contributed by atoms with Crippen LogP contribution in [0.3, 0.4) is 0 Å². The van der Waals surface area contributed by atoms with Crippen molar-refractivity contribution in [2.45, 2.75) is 32.9 Å². The van der Waals surface area contributed by atoms with Crippen LogP contribution in [0.1, 0.15) is 24.5 Å². The Bertz CT molecular complexity index is 408. The molecule has 0 amide bonds. The van der Waals surface area contributed by atoms with Gasteiger partial charge in [-0.05, 0) is 32.5 Å². The monoisotopic (exact) mass is 276 g/mol. The minimum atomic E-state index is 0.523. The van der Waals surface area contributed by atoms with Gasteiger partial charge >= 0.3 is 0 Å². The molecule has 2 unspecified atom stereocenters. The summed E-state index contributed by atoms with van der Waals surface area (Å²) in [6, 6.07) is 9.30. The Labute approximate surface area is 123 Å². The van der Waals surface area contributed by atoms with Crippen molar-refractivity contribution in [3.8, 4) is 0 Å². The van der Waals surface area contributed by atoms with Crippen LogP contribution in [0.4, 0.5) is 0 Å². The summed E-state index contributed by atoms with van der Waals surface area (Å²) in [5, 5.41) is 3.61. The molecule has 1 aromatic rings. The molecule has 0 spiro atoms. The molecule has 0 aromatic heterocycles. The van der Waals surface area contributed by atoms with Crippen molar-refractivity contribution in [1.29, 1.82) is 0 Å². The van der Waals surface area contributed by atoms with E-state index in [9.17, 15) is 0 Å². The topological polar surface area (TPSA) is 24.5 Å². The third-order valence-corrected chi connectivity index (χ3v) is 3.94. The zero-order chi connectivity index (χ0) is 14.4. The first-order valence-corrected chi connectivity index (χ1v) is 7.74. The number of nitrogens with zero attached hydrogens (tertiary/aromatic N) is 1. The minimum absolute atomic E-state index is 0.523. The molecule has 1 fully saturated rings. The van der Waals surface area contributed by atoms with Gasteiger partial charge in [0.2, 0.25) is 0 Å². The average molecular weight is 276 g/mol. The molecule has 3 nitrogen and oxygen atoms in total. The van der Waals surface area contributed by atoms with Crippen molar-refractivity contribution in [3.05, 3.63) is 35.4 Å². The van der Waals surface area contributed by atoms with Gasteiger partial charge in [0.25, 0.3) is 0 Å². The summed E-state index contributed by atoms with van der Waals surface area (Å²) < 4.78 is 5.65. The first-order valence-electron chi connectivity index (χ1n) is 7.74. The summed E-state index contributed by atoms with van der Waals surface area (Å²) in [5.74, 6) is 0.608. The minimum Gasteiger partial charge on any atom is -0.379 e. The molecule has 20 heavy (non-hydrogen) atoms. The van der Waals surface area contributed by atoms with E-state index in [0.717, 1.165) is 32.8 Å². The van der Waals surface area contributed by atoms with Crippen LogP contribution in [0.25, 0.3) is 0 Å². The summed E-state index contributed by atoms with van der Waals surface area (Å²) in [4.78, 5) is 2.41. The molecular formula is C17H28N2O. The molecule has 0 saturated carbocycles. The van der Waals surface area contributed by atoms with E-state index < -0.39 is 0 Å². The quantitative estimate of drug-likeness (QED) is 0.828. The number of hydrogen-bond donors (Lipinski definition) is 1. The first kappa shape index (κ1) is 15.5. The second-order valence-electron chi connectivity index (χ2n) is 6.04. The molecule has 2 rings (SSSR count). The number of aryl methyl sites for hydroxylation is 1. The fourth-order valence-corrected chi connectivity index (χ4v) is 2.92. The highest BCUT2D eigenvalue weighted by Crippen LogP contribution is 2.16. The van der Waals surface area contributed by atoms with Crippen molar-refractivity contribution in [2.24, 2.45) is 5.92 Å². The van der Waals surface area contributed by atoms with E-state index in [1.54, 1.807) is 0 Å². The highest BCUT2D eigenvalue weighted by atomic mass is 16.5. The first-order chi connectivity index (χ1) is 9.69. The Hall–Kier alpha value is -0.900. The van der Waals surface area contributed by atoms with Crippen LogP contribution < -0.4 is 5.32 Å². The Balaban J connectivity index is 1.82. The van der Waals surface area contributed by atoms with Crippen molar-refractivity contribution in [1.82, 2.24) is 10.2 Å². The molecule has 3 heteroatoms. The van der Waals surface area contributed by atoms with E-state index in [1.807, 2.05) is 0 Å². The van der Waals surface area contributed by atoms with Gasteiger partial charge in [0, 0.05) is 25.0 Å². The summed E-state index contributed by atoms with van der Waals surface area (Å²) in [5.41, 5.74) is 2.73. The molecule has 1 aromatic carbocycles. The highest BCUT2D eigenvalue weighted by molar-refractivity contribution is 5.22. The van der Waals surface area contributed by atoms with Gasteiger partial charge in [-0.2, -0.15) is 0 Å². The molecule has 1 aliphatic heterocycles. The third kappa shape index (κ3) is 4.58. The standard InChI is InChI=1S/C17H28N2O/c1-4-8-18-17-13-20-12-16(17)11-19(3)10-15-7-5-6-14(2)9-15/h5-7,9,16-18H,4,8,10-13H2,1-3H3. The SMILES string of the molecule is CCCNC1COCC1CN(C)Cc1cccc(C)c1. The second kappa shape index (κ2) is 7.77. The van der Waals surface area contributed by atoms with Crippen molar-refractivity contribution in [2.75, 3.05) is 33.4 Å². The van der Waals surface area contributed by atoms with Gasteiger partial charge in [-0.25, -0.2) is 0 Å². The Morgan fingerprint density at radius 1 is 1.35 bits per heavy atom. The highest BCUT2D eigenvalue weighted by Gasteiger charge is 2.28. The van der Waals surface area contributed by atoms with Crippen molar-refractivity contribution in [3.63, 3.8) is 0 Å². The van der Waals surface area contributed by atoms with Crippen LogP contribution in [-0.2, 0) is 11.3 Å². The van der Waals surface area contributed by atoms with Crippen LogP contribution in [0.2, 0.25) is 0 Å². The normalized spacial score (nSPS) is 22.6. The van der Waals surface area contributed by atoms with Crippen LogP contribution in [-0.4, -0.2) is 44.3 Å². The summed E-state index contributed by atoms with van der Waals surface area (Å²) in [6.45, 7) is 9.31. The van der Waals surface area contributed by atoms with E-state index in [-0.39, 0.29) is 0 Å². The fraction of sp³-hybridized carbons (Fsp3) is 0.647. The van der Waals surface area contributed by atoms with Gasteiger partial charge in [-0.15, -0.1) is 0 Å². The summed E-state index contributed by atoms with van der Waals surface area (Å²) >= 11 is 0. The van der Waals surface area contributed by atoms with Gasteiger partial charge in [-0.1, -0.05) is 36.8 Å². The molecule has 1 aliphatic rings. The number of nitrogens with one attached hydrogen (secondary N) is 1. The lowest BCUT2D eigenvalue weighted by molar-refractivity contribution is 0.172. The van der Waals surface area contributed by atoms with E-state index in [4.69, 9.17) is 4.74 Å². The molecule has 1 N–H and O–H groups in total. The molecule has 112 valence electrons. The van der Waals surface area contributed by atoms with Gasteiger partial charge in [0.05, 0.1) is 13.2 Å². The maximum absolute atomic E-state index is 5.65. The summed E-state index contributed by atoms with van der Waals surface area (Å²) in [7, 11) is 2.21. The zero-order valence-electron chi connectivity index (χ0n) is 13.1. The fourth-order valence-electron chi connectivity index (χ4n) is 2.92. The molecule has 0 radical (unpaired) electrons. The van der Waals surface area contributed by atoms with Crippen molar-refractivity contribution < 1.29 is 4.74 Å². The zero-order valence-corrected chi connectivity index (χ0v) is 13.1. The Morgan fingerprint density at radius 3 is 2.95 bits per heavy atom. The largest absolute Gasteiger partial charge is 0.379 e. The van der Waals surface area contributed by atoms with Crippen LogP contribution >= 0.6 is 0 Å². The van der Waals surface area contributed by atoms with Gasteiger partial charge < -0.3 is 15.0 Å². The second-order valence-corrected chi connectivity index (χ2v) is 6.04. The van der Waals surface area contributed by atoms with Crippen LogP contribution in [0.15, 0.2) is 24.3 Å². The lowest BCUT2D eigenvalue weighted by Crippen LogP contribution is -2.41. The van der Waals surface area contributed by atoms with Crippen LogP contribution in [0.5, 0.6) is 0 Å².